The van der Waals surface area contributed by atoms with E-state index < -0.39 is 17.7 Å². The van der Waals surface area contributed by atoms with E-state index in [4.69, 9.17) is 5.11 Å². The molecule has 1 fully saturated rings. The third kappa shape index (κ3) is 5.81. The van der Waals surface area contributed by atoms with Crippen LogP contribution in [0, 0.1) is 0 Å². The van der Waals surface area contributed by atoms with Crippen molar-refractivity contribution in [2.75, 3.05) is 26.7 Å². The van der Waals surface area contributed by atoms with Crippen LogP contribution in [-0.4, -0.2) is 70.2 Å². The Balaban J connectivity index is 1.43. The Labute approximate surface area is 208 Å². The van der Waals surface area contributed by atoms with Gasteiger partial charge in [0.15, 0.2) is 0 Å². The first-order valence-electron chi connectivity index (χ1n) is 12.0. The number of amides is 3. The molecule has 10 heteroatoms. The Hall–Kier alpha value is -3.95. The van der Waals surface area contributed by atoms with Gasteiger partial charge in [0.05, 0.1) is 6.54 Å². The highest BCUT2D eigenvalue weighted by atomic mass is 19.1. The lowest BCUT2D eigenvalue weighted by molar-refractivity contribution is 0.0378. The van der Waals surface area contributed by atoms with Gasteiger partial charge in [-0.2, -0.15) is 0 Å². The summed E-state index contributed by atoms with van der Waals surface area (Å²) in [5, 5.41) is 15.5. The highest BCUT2D eigenvalue weighted by Gasteiger charge is 2.36. The number of carboxylic acid groups (broad SMARTS) is 1. The molecule has 9 nitrogen and oxygen atoms in total. The molecule has 1 unspecified atom stereocenters. The van der Waals surface area contributed by atoms with E-state index in [9.17, 15) is 14.4 Å². The lowest BCUT2D eigenvalue weighted by Gasteiger charge is -2.36. The van der Waals surface area contributed by atoms with E-state index in [1.807, 2.05) is 30.5 Å². The van der Waals surface area contributed by atoms with Gasteiger partial charge in [-0.05, 0) is 55.5 Å². The number of piperidine rings is 1. The molecule has 190 valence electrons. The summed E-state index contributed by atoms with van der Waals surface area (Å²) in [6, 6.07) is 11.0. The number of carbonyl (C=O) groups is 3. The molecule has 3 amide bonds. The molecule has 4 N–H and O–H groups in total. The number of alkyl halides is 1. The largest absolute Gasteiger partial charge is 0.465 e. The third-order valence-electron chi connectivity index (χ3n) is 6.54. The van der Waals surface area contributed by atoms with Crippen LogP contribution in [0.4, 0.5) is 9.18 Å². The maximum atomic E-state index is 15.1. The van der Waals surface area contributed by atoms with Crippen LogP contribution in [0.25, 0.3) is 10.9 Å². The fraction of sp³-hybridized carbons (Fsp3) is 0.385. The second kappa shape index (κ2) is 10.8. The van der Waals surface area contributed by atoms with E-state index in [0.717, 1.165) is 21.4 Å². The van der Waals surface area contributed by atoms with Gasteiger partial charge >= 0.3 is 6.09 Å². The number of pyridine rings is 1. The van der Waals surface area contributed by atoms with Crippen LogP contribution in [0.15, 0.2) is 42.6 Å². The monoisotopic (exact) mass is 495 g/mol. The molecule has 36 heavy (non-hydrogen) atoms. The zero-order chi connectivity index (χ0) is 25.7. The SMILES string of the molecule is CNC(=O)c1cc(C(=O)NCCCC2(F)CCCN(C(=O)O)C2)cc(Cc2cccc3[nH]ccc23)n1. The number of benzene rings is 1. The van der Waals surface area contributed by atoms with E-state index in [2.05, 4.69) is 20.6 Å². The van der Waals surface area contributed by atoms with Gasteiger partial charge in [-0.3, -0.25) is 9.59 Å². The number of likely N-dealkylation sites (tertiary alicyclic amines) is 1. The highest BCUT2D eigenvalue weighted by Crippen LogP contribution is 2.30. The minimum atomic E-state index is -1.59. The first-order chi connectivity index (χ1) is 17.3. The molecule has 2 aromatic heterocycles. The maximum Gasteiger partial charge on any atom is 0.407 e. The van der Waals surface area contributed by atoms with Gasteiger partial charge < -0.3 is 25.6 Å². The number of halogens is 1. The Morgan fingerprint density at radius 1 is 1.22 bits per heavy atom. The van der Waals surface area contributed by atoms with Crippen LogP contribution in [0.5, 0.6) is 0 Å². The number of fused-ring (bicyclic) bond motifs is 1. The van der Waals surface area contributed by atoms with Gasteiger partial charge in [-0.25, -0.2) is 14.2 Å². The van der Waals surface area contributed by atoms with Crippen molar-refractivity contribution >= 4 is 28.8 Å². The van der Waals surface area contributed by atoms with Gasteiger partial charge in [0, 0.05) is 54.9 Å². The predicted octanol–water partition coefficient (Wildman–Crippen LogP) is 3.51. The molecule has 0 bridgehead atoms. The van der Waals surface area contributed by atoms with E-state index in [1.54, 1.807) is 6.07 Å². The van der Waals surface area contributed by atoms with E-state index in [-0.39, 0.29) is 31.1 Å². The average Bonchev–Trinajstić information content (AvgIpc) is 3.36. The normalized spacial score (nSPS) is 17.7. The number of hydrogen-bond acceptors (Lipinski definition) is 4. The van der Waals surface area contributed by atoms with Crippen molar-refractivity contribution in [3.8, 4) is 0 Å². The van der Waals surface area contributed by atoms with Gasteiger partial charge in [-0.1, -0.05) is 12.1 Å². The molecule has 0 spiro atoms. The molecule has 1 atom stereocenters. The van der Waals surface area contributed by atoms with Crippen molar-refractivity contribution in [2.45, 2.75) is 37.8 Å². The summed E-state index contributed by atoms with van der Waals surface area (Å²) < 4.78 is 15.1. The van der Waals surface area contributed by atoms with E-state index in [0.29, 0.717) is 43.5 Å². The second-order valence-electron chi connectivity index (χ2n) is 9.16. The second-order valence-corrected chi connectivity index (χ2v) is 9.16. The predicted molar refractivity (Wildman–Crippen MR) is 133 cm³/mol. The minimum Gasteiger partial charge on any atom is -0.465 e. The first kappa shape index (κ1) is 25.2. The summed E-state index contributed by atoms with van der Waals surface area (Å²) in [4.78, 5) is 45.1. The van der Waals surface area contributed by atoms with Gasteiger partial charge in [0.25, 0.3) is 11.8 Å². The summed E-state index contributed by atoms with van der Waals surface area (Å²) in [6.07, 6.45) is 2.49. The van der Waals surface area contributed by atoms with Gasteiger partial charge in [-0.15, -0.1) is 0 Å². The van der Waals surface area contributed by atoms with Crippen LogP contribution in [0.2, 0.25) is 0 Å². The quantitative estimate of drug-likeness (QED) is 0.356. The number of carbonyl (C=O) groups excluding carboxylic acids is 2. The number of H-pyrrole nitrogens is 1. The van der Waals surface area contributed by atoms with Crippen LogP contribution < -0.4 is 10.6 Å². The van der Waals surface area contributed by atoms with E-state index >= 15 is 4.39 Å². The summed E-state index contributed by atoms with van der Waals surface area (Å²) in [5.74, 6) is -0.780. The number of nitrogens with zero attached hydrogens (tertiary/aromatic N) is 2. The summed E-state index contributed by atoms with van der Waals surface area (Å²) in [5.41, 5.74) is 1.43. The van der Waals surface area contributed by atoms with Crippen LogP contribution >= 0.6 is 0 Å². The first-order valence-corrected chi connectivity index (χ1v) is 12.0. The molecule has 1 aliphatic rings. The van der Waals surface area contributed by atoms with Crippen molar-refractivity contribution < 1.29 is 23.9 Å². The highest BCUT2D eigenvalue weighted by molar-refractivity contribution is 5.98. The molecule has 3 heterocycles. The number of aromatic amines is 1. The summed E-state index contributed by atoms with van der Waals surface area (Å²) in [7, 11) is 1.50. The number of hydrogen-bond donors (Lipinski definition) is 4. The number of rotatable bonds is 8. The topological polar surface area (TPSA) is 127 Å². The molecule has 0 saturated carbocycles. The van der Waals surface area contributed by atoms with Crippen molar-refractivity contribution in [3.05, 3.63) is 65.1 Å². The van der Waals surface area contributed by atoms with E-state index in [1.165, 1.54) is 13.1 Å². The Morgan fingerprint density at radius 3 is 2.83 bits per heavy atom. The fourth-order valence-corrected chi connectivity index (χ4v) is 4.72. The minimum absolute atomic E-state index is 0.139. The number of aromatic nitrogens is 2. The van der Waals surface area contributed by atoms with Crippen molar-refractivity contribution in [1.29, 1.82) is 0 Å². The van der Waals surface area contributed by atoms with Crippen molar-refractivity contribution in [1.82, 2.24) is 25.5 Å². The fourth-order valence-electron chi connectivity index (χ4n) is 4.72. The standard InChI is InChI=1S/C26H30FN5O4/c1-28-24(34)22-15-18(14-19(31-22)13-17-5-2-6-21-20(17)7-11-29-21)23(33)30-10-3-8-26(27)9-4-12-32(16-26)25(35)36/h2,5-7,11,14-15,29H,3-4,8-10,12-13,16H2,1H3,(H,28,34)(H,30,33)(H,35,36). The molecule has 0 radical (unpaired) electrons. The zero-order valence-corrected chi connectivity index (χ0v) is 20.1. The summed E-state index contributed by atoms with van der Waals surface area (Å²) >= 11 is 0. The third-order valence-corrected chi connectivity index (χ3v) is 6.54. The smallest absolute Gasteiger partial charge is 0.407 e. The maximum absolute atomic E-state index is 15.1. The molecule has 3 aromatic rings. The molecule has 1 saturated heterocycles. The molecule has 1 aliphatic heterocycles. The van der Waals surface area contributed by atoms with Gasteiger partial charge in [0.2, 0.25) is 0 Å². The van der Waals surface area contributed by atoms with Crippen LogP contribution in [0.1, 0.15) is 57.8 Å². The van der Waals surface area contributed by atoms with Gasteiger partial charge in [0.1, 0.15) is 11.4 Å². The molecule has 0 aliphatic carbocycles. The molecule has 1 aromatic carbocycles. The Morgan fingerprint density at radius 2 is 2.06 bits per heavy atom. The van der Waals surface area contributed by atoms with Crippen LogP contribution in [-0.2, 0) is 6.42 Å². The lowest BCUT2D eigenvalue weighted by Crippen LogP contribution is -2.47. The summed E-state index contributed by atoms with van der Waals surface area (Å²) in [6.45, 7) is 0.426. The zero-order valence-electron chi connectivity index (χ0n) is 20.1. The van der Waals surface area contributed by atoms with Crippen molar-refractivity contribution in [2.24, 2.45) is 0 Å². The molecular formula is C26H30FN5O4. The lowest BCUT2D eigenvalue weighted by atomic mass is 9.90. The Kier molecular flexibility index (Phi) is 7.52. The molecular weight excluding hydrogens is 465 g/mol. The Bertz CT molecular complexity index is 1280. The van der Waals surface area contributed by atoms with Crippen molar-refractivity contribution in [3.63, 3.8) is 0 Å². The number of nitrogens with one attached hydrogen (secondary N) is 3. The average molecular weight is 496 g/mol. The van der Waals surface area contributed by atoms with Crippen LogP contribution in [0.3, 0.4) is 0 Å². The molecule has 4 rings (SSSR count).